The fourth-order valence-electron chi connectivity index (χ4n) is 5.56. The number of hydrogen-bond acceptors (Lipinski definition) is 8. The highest BCUT2D eigenvalue weighted by Gasteiger charge is 2.48. The first-order valence-electron chi connectivity index (χ1n) is 13.2. The molecule has 212 valence electrons. The van der Waals surface area contributed by atoms with Gasteiger partial charge in [-0.2, -0.15) is 0 Å². The van der Waals surface area contributed by atoms with Gasteiger partial charge < -0.3 is 18.6 Å². The largest absolute Gasteiger partial charge is 0.496 e. The van der Waals surface area contributed by atoms with E-state index >= 15 is 0 Å². The van der Waals surface area contributed by atoms with Crippen LogP contribution in [0.5, 0.6) is 5.75 Å². The quantitative estimate of drug-likeness (QED) is 0.289. The van der Waals surface area contributed by atoms with Crippen LogP contribution in [0.15, 0.2) is 50.7 Å². The molecule has 1 aromatic carbocycles. The fourth-order valence-corrected chi connectivity index (χ4v) is 6.80. The van der Waals surface area contributed by atoms with Gasteiger partial charge in [-0.3, -0.25) is 13.9 Å². The predicted octanol–water partition coefficient (Wildman–Crippen LogP) is 5.10. The molecule has 4 heterocycles. The summed E-state index contributed by atoms with van der Waals surface area (Å²) in [7, 11) is 1.57. The molecule has 2 aliphatic rings. The first kappa shape index (κ1) is 26.9. The van der Waals surface area contributed by atoms with Crippen molar-refractivity contribution in [2.45, 2.75) is 63.3 Å². The summed E-state index contributed by atoms with van der Waals surface area (Å²) in [6, 6.07) is 6.52. The maximum Gasteiger partial charge on any atom is 0.332 e. The number of benzene rings is 1. The van der Waals surface area contributed by atoms with Crippen molar-refractivity contribution in [2.75, 3.05) is 20.3 Å². The lowest BCUT2D eigenvalue weighted by molar-refractivity contribution is -0.106. The van der Waals surface area contributed by atoms with Crippen LogP contribution in [-0.2, 0) is 16.0 Å². The SMILES string of the molecule is COc1ccccc1C(Cn1c(=O)n(C2CC(F)(F)C2)c(=O)c2c(C)c(-c3ncco3)sc21)OC1CCOCC1. The monoisotopic (exact) mass is 573 g/mol. The summed E-state index contributed by atoms with van der Waals surface area (Å²) in [6.45, 7) is 2.93. The number of methoxy groups -OCH3 is 1. The lowest BCUT2D eigenvalue weighted by atomic mass is 9.88. The van der Waals surface area contributed by atoms with Gasteiger partial charge in [0.05, 0.1) is 42.3 Å². The Labute approximate surface area is 231 Å². The summed E-state index contributed by atoms with van der Waals surface area (Å²) in [5.41, 5.74) is 0.0991. The molecule has 1 unspecified atom stereocenters. The summed E-state index contributed by atoms with van der Waals surface area (Å²) in [6.07, 6.45) is 2.47. The van der Waals surface area contributed by atoms with Crippen molar-refractivity contribution in [2.24, 2.45) is 0 Å². The minimum Gasteiger partial charge on any atom is -0.496 e. The maximum atomic E-state index is 14.0. The van der Waals surface area contributed by atoms with Gasteiger partial charge in [0.1, 0.15) is 22.9 Å². The molecule has 12 heteroatoms. The van der Waals surface area contributed by atoms with Crippen LogP contribution in [0.25, 0.3) is 21.0 Å². The van der Waals surface area contributed by atoms with Crippen molar-refractivity contribution in [3.8, 4) is 16.5 Å². The average Bonchev–Trinajstić information content (AvgIpc) is 3.58. The lowest BCUT2D eigenvalue weighted by Gasteiger charge is -2.36. The Bertz CT molecular complexity index is 1630. The zero-order valence-electron chi connectivity index (χ0n) is 22.1. The van der Waals surface area contributed by atoms with Crippen LogP contribution in [0.2, 0.25) is 0 Å². The Kier molecular flexibility index (Phi) is 7.09. The molecule has 0 radical (unpaired) electrons. The smallest absolute Gasteiger partial charge is 0.332 e. The highest BCUT2D eigenvalue weighted by molar-refractivity contribution is 7.22. The van der Waals surface area contributed by atoms with Gasteiger partial charge in [0.2, 0.25) is 5.89 Å². The van der Waals surface area contributed by atoms with E-state index in [0.717, 1.165) is 10.1 Å². The molecule has 1 aliphatic carbocycles. The molecule has 6 rings (SSSR count). The van der Waals surface area contributed by atoms with Crippen LogP contribution in [0.3, 0.4) is 0 Å². The second kappa shape index (κ2) is 10.6. The van der Waals surface area contributed by atoms with E-state index in [1.807, 2.05) is 24.3 Å². The number of halogens is 2. The molecular formula is C28H29F2N3O6S. The van der Waals surface area contributed by atoms with E-state index in [1.165, 1.54) is 28.4 Å². The van der Waals surface area contributed by atoms with Crippen molar-refractivity contribution in [1.82, 2.24) is 14.1 Å². The number of oxazole rings is 1. The standard InChI is InChI=1S/C28H29F2N3O6S/c1-16-22-25(34)33(17-13-28(29,30)14-17)27(35)32(26(22)40-23(16)24-31-9-12-38-24)15-21(39-18-7-10-37-11-8-18)19-5-3-4-6-20(19)36-2/h3-6,9,12,17-18,21H,7-8,10-11,13-15H2,1-2H3. The number of ether oxygens (including phenoxy) is 3. The highest BCUT2D eigenvalue weighted by Crippen LogP contribution is 2.45. The predicted molar refractivity (Wildman–Crippen MR) is 144 cm³/mol. The normalized spacial score (nSPS) is 18.6. The number of hydrogen-bond donors (Lipinski definition) is 0. The van der Waals surface area contributed by atoms with Crippen LogP contribution in [0, 0.1) is 6.92 Å². The van der Waals surface area contributed by atoms with E-state index in [2.05, 4.69) is 4.98 Å². The van der Waals surface area contributed by atoms with E-state index in [-0.39, 0.29) is 18.0 Å². The molecule has 40 heavy (non-hydrogen) atoms. The molecule has 0 bridgehead atoms. The second-order valence-corrected chi connectivity index (χ2v) is 11.2. The molecule has 2 fully saturated rings. The number of aromatic nitrogens is 3. The van der Waals surface area contributed by atoms with Gasteiger partial charge in [-0.15, -0.1) is 11.3 Å². The maximum absolute atomic E-state index is 14.0. The number of rotatable bonds is 8. The van der Waals surface area contributed by atoms with Crippen molar-refractivity contribution in [3.63, 3.8) is 0 Å². The van der Waals surface area contributed by atoms with Crippen LogP contribution in [0.1, 0.15) is 49.0 Å². The summed E-state index contributed by atoms with van der Waals surface area (Å²) in [4.78, 5) is 33.0. The molecule has 4 aromatic rings. The first-order valence-corrected chi connectivity index (χ1v) is 14.0. The Hall–Kier alpha value is -3.35. The lowest BCUT2D eigenvalue weighted by Crippen LogP contribution is -2.49. The van der Waals surface area contributed by atoms with Crippen LogP contribution >= 0.6 is 11.3 Å². The first-order chi connectivity index (χ1) is 19.3. The Morgan fingerprint density at radius 3 is 2.62 bits per heavy atom. The average molecular weight is 574 g/mol. The van der Waals surface area contributed by atoms with Gasteiger partial charge in [-0.05, 0) is 31.4 Å². The molecule has 1 saturated carbocycles. The van der Waals surface area contributed by atoms with Gasteiger partial charge in [-0.1, -0.05) is 18.2 Å². The molecular weight excluding hydrogens is 544 g/mol. The topological polar surface area (TPSA) is 97.7 Å². The van der Waals surface area contributed by atoms with Crippen LogP contribution in [0.4, 0.5) is 8.78 Å². The van der Waals surface area contributed by atoms with E-state index < -0.39 is 42.2 Å². The van der Waals surface area contributed by atoms with E-state index in [9.17, 15) is 18.4 Å². The van der Waals surface area contributed by atoms with Gasteiger partial charge in [0.15, 0.2) is 0 Å². The minimum absolute atomic E-state index is 0.0431. The number of para-hydroxylation sites is 1. The number of fused-ring (bicyclic) bond motifs is 1. The van der Waals surface area contributed by atoms with E-state index in [0.29, 0.717) is 53.0 Å². The third kappa shape index (κ3) is 4.77. The van der Waals surface area contributed by atoms with Gasteiger partial charge in [-0.25, -0.2) is 18.6 Å². The van der Waals surface area contributed by atoms with Gasteiger partial charge >= 0.3 is 5.69 Å². The van der Waals surface area contributed by atoms with Crippen molar-refractivity contribution in [3.05, 3.63) is 68.7 Å². The van der Waals surface area contributed by atoms with Crippen molar-refractivity contribution in [1.29, 1.82) is 0 Å². The molecule has 0 amide bonds. The van der Waals surface area contributed by atoms with Gasteiger partial charge in [0, 0.05) is 31.6 Å². The Morgan fingerprint density at radius 1 is 1.20 bits per heavy atom. The minimum atomic E-state index is -2.91. The second-order valence-electron chi connectivity index (χ2n) is 10.2. The molecule has 1 atom stereocenters. The third-order valence-corrected chi connectivity index (χ3v) is 8.97. The molecule has 0 N–H and O–H groups in total. The summed E-state index contributed by atoms with van der Waals surface area (Å²) in [5.74, 6) is -1.99. The number of aryl methyl sites for hydroxylation is 1. The highest BCUT2D eigenvalue weighted by atomic mass is 32.1. The summed E-state index contributed by atoms with van der Waals surface area (Å²) in [5, 5.41) is 0.290. The van der Waals surface area contributed by atoms with Crippen LogP contribution in [-0.4, -0.2) is 46.5 Å². The fraction of sp³-hybridized carbons (Fsp3) is 0.464. The van der Waals surface area contributed by atoms with Crippen molar-refractivity contribution < 1.29 is 27.4 Å². The number of nitrogens with zero attached hydrogens (tertiary/aromatic N) is 3. The molecule has 0 spiro atoms. The molecule has 1 aliphatic heterocycles. The summed E-state index contributed by atoms with van der Waals surface area (Å²) >= 11 is 1.21. The van der Waals surface area contributed by atoms with Crippen LogP contribution < -0.4 is 16.0 Å². The molecule has 3 aromatic heterocycles. The van der Waals surface area contributed by atoms with E-state index in [1.54, 1.807) is 14.0 Å². The number of thiophene rings is 1. The van der Waals surface area contributed by atoms with E-state index in [4.69, 9.17) is 18.6 Å². The zero-order chi connectivity index (χ0) is 28.0. The molecule has 9 nitrogen and oxygen atoms in total. The van der Waals surface area contributed by atoms with Gasteiger partial charge in [0.25, 0.3) is 11.5 Å². The summed E-state index contributed by atoms with van der Waals surface area (Å²) < 4.78 is 53.5. The van der Waals surface area contributed by atoms with Crippen molar-refractivity contribution >= 4 is 21.6 Å². The third-order valence-electron chi connectivity index (χ3n) is 7.66. The Balaban J connectivity index is 1.53. The Morgan fingerprint density at radius 2 is 1.95 bits per heavy atom. The number of alkyl halides is 2. The zero-order valence-corrected chi connectivity index (χ0v) is 22.9. The molecule has 1 saturated heterocycles.